The molecule has 0 saturated heterocycles. The van der Waals surface area contributed by atoms with Crippen LogP contribution < -0.4 is 5.32 Å². The summed E-state index contributed by atoms with van der Waals surface area (Å²) in [5.41, 5.74) is 1.12. The van der Waals surface area contributed by atoms with E-state index in [1.807, 2.05) is 12.1 Å². The van der Waals surface area contributed by atoms with Gasteiger partial charge < -0.3 is 10.4 Å². The number of phenolic OH excluding ortho intramolecular Hbond substituents is 1. The van der Waals surface area contributed by atoms with Crippen LogP contribution in [0, 0.1) is 0 Å². The molecule has 0 bridgehead atoms. The summed E-state index contributed by atoms with van der Waals surface area (Å²) in [6, 6.07) is 7.08. The largest absolute Gasteiger partial charge is 0.508 e. The molecule has 0 unspecified atom stereocenters. The molecule has 1 aromatic rings. The van der Waals surface area contributed by atoms with Crippen LogP contribution >= 0.6 is 0 Å². The second-order valence-corrected chi connectivity index (χ2v) is 4.22. The number of phenols is 1. The van der Waals surface area contributed by atoms with Gasteiger partial charge in [0.05, 0.1) is 0 Å². The van der Waals surface area contributed by atoms with Crippen molar-refractivity contribution in [3.63, 3.8) is 0 Å². The van der Waals surface area contributed by atoms with E-state index in [9.17, 15) is 4.79 Å². The molecule has 0 aliphatic heterocycles. The van der Waals surface area contributed by atoms with Crippen molar-refractivity contribution in [2.75, 3.05) is 6.54 Å². The number of carbonyl (C=O) groups is 1. The summed E-state index contributed by atoms with van der Waals surface area (Å²) in [6.07, 6.45) is 4.66. The standard InChI is InChI=1S/C14H21NO2/c1-2-3-4-5-14(17)15-11-10-12-6-8-13(16)9-7-12/h6-9,16H,2-5,10-11H2,1H3,(H,15,17). The molecule has 1 amide bonds. The highest BCUT2D eigenvalue weighted by molar-refractivity contribution is 5.75. The van der Waals surface area contributed by atoms with Crippen LogP contribution in [0.2, 0.25) is 0 Å². The monoisotopic (exact) mass is 235 g/mol. The Balaban J connectivity index is 2.14. The van der Waals surface area contributed by atoms with Gasteiger partial charge in [0.2, 0.25) is 5.91 Å². The first kappa shape index (κ1) is 13.6. The van der Waals surface area contributed by atoms with Crippen LogP contribution in [0.4, 0.5) is 0 Å². The van der Waals surface area contributed by atoms with Crippen LogP contribution in [0.5, 0.6) is 5.75 Å². The number of carbonyl (C=O) groups excluding carboxylic acids is 1. The molecule has 0 radical (unpaired) electrons. The lowest BCUT2D eigenvalue weighted by Crippen LogP contribution is -2.25. The molecule has 1 aromatic carbocycles. The predicted octanol–water partition coefficient (Wildman–Crippen LogP) is 2.63. The van der Waals surface area contributed by atoms with E-state index < -0.39 is 0 Å². The van der Waals surface area contributed by atoms with Gasteiger partial charge in [0.15, 0.2) is 0 Å². The number of hydrogen-bond acceptors (Lipinski definition) is 2. The molecule has 0 heterocycles. The van der Waals surface area contributed by atoms with Crippen LogP contribution in [0.15, 0.2) is 24.3 Å². The fourth-order valence-electron chi connectivity index (χ4n) is 1.63. The highest BCUT2D eigenvalue weighted by atomic mass is 16.3. The molecule has 0 aliphatic rings. The first-order chi connectivity index (χ1) is 8.22. The molecule has 3 nitrogen and oxygen atoms in total. The average molecular weight is 235 g/mol. The van der Waals surface area contributed by atoms with Crippen molar-refractivity contribution < 1.29 is 9.90 Å². The quantitative estimate of drug-likeness (QED) is 0.714. The minimum atomic E-state index is 0.136. The maximum atomic E-state index is 11.4. The second kappa shape index (κ2) is 7.71. The average Bonchev–Trinajstić information content (AvgIpc) is 2.32. The van der Waals surface area contributed by atoms with E-state index in [0.717, 1.165) is 31.2 Å². The van der Waals surface area contributed by atoms with Gasteiger partial charge in [-0.05, 0) is 30.5 Å². The van der Waals surface area contributed by atoms with Crippen molar-refractivity contribution in [1.82, 2.24) is 5.32 Å². The van der Waals surface area contributed by atoms with Crippen LogP contribution in [-0.4, -0.2) is 17.6 Å². The van der Waals surface area contributed by atoms with E-state index in [0.29, 0.717) is 13.0 Å². The Bertz CT molecular complexity index is 333. The molecule has 94 valence electrons. The van der Waals surface area contributed by atoms with Crippen molar-refractivity contribution in [3.05, 3.63) is 29.8 Å². The van der Waals surface area contributed by atoms with Crippen LogP contribution in [-0.2, 0) is 11.2 Å². The van der Waals surface area contributed by atoms with E-state index in [4.69, 9.17) is 5.11 Å². The lowest BCUT2D eigenvalue weighted by molar-refractivity contribution is -0.121. The van der Waals surface area contributed by atoms with Crippen LogP contribution in [0.3, 0.4) is 0 Å². The Morgan fingerprint density at radius 1 is 1.24 bits per heavy atom. The third-order valence-electron chi connectivity index (χ3n) is 2.68. The van der Waals surface area contributed by atoms with Crippen LogP contribution in [0.1, 0.15) is 38.2 Å². The SMILES string of the molecule is CCCCCC(=O)NCCc1ccc(O)cc1. The molecule has 0 spiro atoms. The lowest BCUT2D eigenvalue weighted by Gasteiger charge is -2.05. The molecule has 0 saturated carbocycles. The Morgan fingerprint density at radius 2 is 1.94 bits per heavy atom. The summed E-state index contributed by atoms with van der Waals surface area (Å²) in [6.45, 7) is 2.79. The number of unbranched alkanes of at least 4 members (excludes halogenated alkanes) is 2. The molecule has 1 rings (SSSR count). The Morgan fingerprint density at radius 3 is 2.59 bits per heavy atom. The summed E-state index contributed by atoms with van der Waals surface area (Å²) in [5.74, 6) is 0.412. The van der Waals surface area contributed by atoms with Gasteiger partial charge in [0, 0.05) is 13.0 Å². The van der Waals surface area contributed by atoms with E-state index >= 15 is 0 Å². The van der Waals surface area contributed by atoms with E-state index in [-0.39, 0.29) is 11.7 Å². The smallest absolute Gasteiger partial charge is 0.220 e. The van der Waals surface area contributed by atoms with Crippen molar-refractivity contribution in [1.29, 1.82) is 0 Å². The maximum Gasteiger partial charge on any atom is 0.220 e. The molecule has 0 atom stereocenters. The van der Waals surface area contributed by atoms with Gasteiger partial charge in [-0.3, -0.25) is 4.79 Å². The lowest BCUT2D eigenvalue weighted by atomic mass is 10.1. The topological polar surface area (TPSA) is 49.3 Å². The van der Waals surface area contributed by atoms with Gasteiger partial charge in [0.25, 0.3) is 0 Å². The number of aromatic hydroxyl groups is 1. The zero-order valence-corrected chi connectivity index (χ0v) is 10.4. The molecule has 0 fully saturated rings. The van der Waals surface area contributed by atoms with E-state index in [2.05, 4.69) is 12.2 Å². The number of amides is 1. The third kappa shape index (κ3) is 5.95. The summed E-state index contributed by atoms with van der Waals surface area (Å²) >= 11 is 0. The van der Waals surface area contributed by atoms with Crippen molar-refractivity contribution in [2.24, 2.45) is 0 Å². The minimum Gasteiger partial charge on any atom is -0.508 e. The maximum absolute atomic E-state index is 11.4. The van der Waals surface area contributed by atoms with Gasteiger partial charge in [-0.2, -0.15) is 0 Å². The highest BCUT2D eigenvalue weighted by Crippen LogP contribution is 2.09. The Hall–Kier alpha value is -1.51. The number of rotatable bonds is 7. The normalized spacial score (nSPS) is 10.2. The zero-order chi connectivity index (χ0) is 12.5. The van der Waals surface area contributed by atoms with E-state index in [1.54, 1.807) is 12.1 Å². The molecule has 3 heteroatoms. The van der Waals surface area contributed by atoms with Gasteiger partial charge in [0.1, 0.15) is 5.75 Å². The fraction of sp³-hybridized carbons (Fsp3) is 0.500. The predicted molar refractivity (Wildman–Crippen MR) is 69.0 cm³/mol. The van der Waals surface area contributed by atoms with Gasteiger partial charge in [-0.15, -0.1) is 0 Å². The summed E-state index contributed by atoms with van der Waals surface area (Å²) in [4.78, 5) is 11.4. The fourth-order valence-corrected chi connectivity index (χ4v) is 1.63. The first-order valence-electron chi connectivity index (χ1n) is 6.27. The van der Waals surface area contributed by atoms with Gasteiger partial charge >= 0.3 is 0 Å². The molecule has 0 aliphatic carbocycles. The molecule has 17 heavy (non-hydrogen) atoms. The van der Waals surface area contributed by atoms with Gasteiger partial charge in [-0.25, -0.2) is 0 Å². The Kier molecular flexibility index (Phi) is 6.15. The second-order valence-electron chi connectivity index (χ2n) is 4.22. The summed E-state index contributed by atoms with van der Waals surface area (Å²) < 4.78 is 0. The number of nitrogens with one attached hydrogen (secondary N) is 1. The number of benzene rings is 1. The molecule has 2 N–H and O–H groups in total. The highest BCUT2D eigenvalue weighted by Gasteiger charge is 2.00. The van der Waals surface area contributed by atoms with Gasteiger partial charge in [-0.1, -0.05) is 31.9 Å². The van der Waals surface area contributed by atoms with Crippen molar-refractivity contribution >= 4 is 5.91 Å². The molecular formula is C14H21NO2. The minimum absolute atomic E-state index is 0.136. The first-order valence-corrected chi connectivity index (χ1v) is 6.27. The molecule has 0 aromatic heterocycles. The third-order valence-corrected chi connectivity index (χ3v) is 2.68. The summed E-state index contributed by atoms with van der Waals surface area (Å²) in [7, 11) is 0. The zero-order valence-electron chi connectivity index (χ0n) is 10.4. The number of hydrogen-bond donors (Lipinski definition) is 2. The Labute approximate surface area is 103 Å². The van der Waals surface area contributed by atoms with Crippen LogP contribution in [0.25, 0.3) is 0 Å². The van der Waals surface area contributed by atoms with Crippen molar-refractivity contribution in [2.45, 2.75) is 39.0 Å². The van der Waals surface area contributed by atoms with Crippen molar-refractivity contribution in [3.8, 4) is 5.75 Å². The summed E-state index contributed by atoms with van der Waals surface area (Å²) in [5, 5.41) is 12.0. The molecular weight excluding hydrogens is 214 g/mol. The van der Waals surface area contributed by atoms with E-state index in [1.165, 1.54) is 0 Å².